The number of nitrogens with zero attached hydrogens (tertiary/aromatic N) is 4. The number of aromatic nitrogens is 3. The molecule has 0 saturated heterocycles. The van der Waals surface area contributed by atoms with Gasteiger partial charge in [-0.15, -0.1) is 10.2 Å². The summed E-state index contributed by atoms with van der Waals surface area (Å²) in [7, 11) is 0. The topological polar surface area (TPSA) is 77.0 Å². The summed E-state index contributed by atoms with van der Waals surface area (Å²) in [5.74, 6) is -5.16. The average Bonchev–Trinajstić information content (AvgIpc) is 3.01. The zero-order valence-electron chi connectivity index (χ0n) is 15.2. The van der Waals surface area contributed by atoms with Gasteiger partial charge in [0.25, 0.3) is 0 Å². The van der Waals surface area contributed by atoms with Crippen molar-refractivity contribution in [3.63, 3.8) is 0 Å². The molecule has 1 aromatic carbocycles. The summed E-state index contributed by atoms with van der Waals surface area (Å²) < 4.78 is 79.8. The minimum Gasteiger partial charge on any atom is -0.331 e. The third-order valence-electron chi connectivity index (χ3n) is 4.70. The van der Waals surface area contributed by atoms with Crippen molar-refractivity contribution in [1.29, 1.82) is 0 Å². The lowest BCUT2D eigenvalue weighted by atomic mass is 10.0. The van der Waals surface area contributed by atoms with Crippen LogP contribution in [0.25, 0.3) is 0 Å². The maximum atomic E-state index is 13.7. The van der Waals surface area contributed by atoms with Gasteiger partial charge < -0.3 is 15.2 Å². The molecule has 0 saturated carbocycles. The normalized spacial score (nSPS) is 17.9. The quantitative estimate of drug-likeness (QED) is 0.608. The van der Waals surface area contributed by atoms with E-state index in [1.54, 1.807) is 6.92 Å². The summed E-state index contributed by atoms with van der Waals surface area (Å²) >= 11 is 0. The van der Waals surface area contributed by atoms with Gasteiger partial charge in [0.05, 0.1) is 6.54 Å². The van der Waals surface area contributed by atoms with Gasteiger partial charge in [0, 0.05) is 31.1 Å². The molecule has 2 aromatic rings. The van der Waals surface area contributed by atoms with Crippen LogP contribution in [0.1, 0.15) is 30.6 Å². The maximum absolute atomic E-state index is 13.7. The van der Waals surface area contributed by atoms with Gasteiger partial charge in [0.2, 0.25) is 11.7 Å². The van der Waals surface area contributed by atoms with E-state index in [0.717, 1.165) is 4.57 Å². The second-order valence-corrected chi connectivity index (χ2v) is 6.94. The van der Waals surface area contributed by atoms with Gasteiger partial charge in [-0.05, 0) is 25.0 Å². The molecule has 3 rings (SSSR count). The zero-order valence-corrected chi connectivity index (χ0v) is 15.2. The van der Waals surface area contributed by atoms with Crippen molar-refractivity contribution in [3.05, 3.63) is 46.8 Å². The Morgan fingerprint density at radius 1 is 1.21 bits per heavy atom. The van der Waals surface area contributed by atoms with E-state index in [4.69, 9.17) is 5.73 Å². The molecular weight excluding hydrogens is 404 g/mol. The molecule has 1 aliphatic heterocycles. The third kappa shape index (κ3) is 4.36. The predicted molar refractivity (Wildman–Crippen MR) is 87.6 cm³/mol. The van der Waals surface area contributed by atoms with Gasteiger partial charge in [0.15, 0.2) is 17.5 Å². The number of fused-ring (bicyclic) bond motifs is 1. The van der Waals surface area contributed by atoms with E-state index in [-0.39, 0.29) is 37.3 Å². The molecular formula is C17H17F6N5O. The Labute approximate surface area is 161 Å². The summed E-state index contributed by atoms with van der Waals surface area (Å²) in [6.45, 7) is 1.24. The molecule has 0 unspecified atom stereocenters. The molecule has 0 spiro atoms. The minimum absolute atomic E-state index is 0.0102. The molecule has 158 valence electrons. The highest BCUT2D eigenvalue weighted by Crippen LogP contribution is 2.30. The highest BCUT2D eigenvalue weighted by atomic mass is 19.4. The Hall–Kier alpha value is -2.63. The Morgan fingerprint density at radius 3 is 2.52 bits per heavy atom. The predicted octanol–water partition coefficient (Wildman–Crippen LogP) is 2.41. The lowest BCUT2D eigenvalue weighted by Gasteiger charge is -2.34. The number of amides is 1. The third-order valence-corrected chi connectivity index (χ3v) is 4.70. The van der Waals surface area contributed by atoms with Gasteiger partial charge in [-0.2, -0.15) is 13.2 Å². The first-order valence-corrected chi connectivity index (χ1v) is 8.65. The summed E-state index contributed by atoms with van der Waals surface area (Å²) in [6.07, 6.45) is -5.14. The van der Waals surface area contributed by atoms with Crippen molar-refractivity contribution in [1.82, 2.24) is 19.7 Å². The Bertz CT molecular complexity index is 928. The number of nitrogens with two attached hydrogens (primary N) is 1. The minimum atomic E-state index is -4.66. The molecule has 2 atom stereocenters. The molecule has 0 fully saturated rings. The zero-order chi connectivity index (χ0) is 21.5. The lowest BCUT2D eigenvalue weighted by Crippen LogP contribution is -2.47. The smallest absolute Gasteiger partial charge is 0.331 e. The first-order valence-electron chi connectivity index (χ1n) is 8.65. The number of halogens is 6. The summed E-state index contributed by atoms with van der Waals surface area (Å²) in [5, 5.41) is 6.66. The van der Waals surface area contributed by atoms with E-state index in [1.807, 2.05) is 0 Å². The standard InChI is InChI=1S/C17H17F6N5O/c1-8-6-28-14(25-26-16(28)17(21,22)23)7-27(8)15(29)4-10(24)2-9-3-12(19)13(20)5-11(9)18/h3,5,8,10H,2,4,6-7,24H2,1H3/t8-,10-/m1/s1. The molecule has 1 aromatic heterocycles. The number of benzene rings is 1. The second-order valence-electron chi connectivity index (χ2n) is 6.94. The summed E-state index contributed by atoms with van der Waals surface area (Å²) in [6, 6.07) is -0.407. The summed E-state index contributed by atoms with van der Waals surface area (Å²) in [4.78, 5) is 13.9. The van der Waals surface area contributed by atoms with E-state index < -0.39 is 47.4 Å². The fraction of sp³-hybridized carbons (Fsp3) is 0.471. The number of carbonyl (C=O) groups is 1. The maximum Gasteiger partial charge on any atom is 0.451 e. The van der Waals surface area contributed by atoms with Crippen LogP contribution in [0.15, 0.2) is 12.1 Å². The van der Waals surface area contributed by atoms with Crippen molar-refractivity contribution in [2.24, 2.45) is 5.73 Å². The van der Waals surface area contributed by atoms with Gasteiger partial charge >= 0.3 is 6.18 Å². The molecule has 1 aliphatic rings. The van der Waals surface area contributed by atoms with E-state index in [9.17, 15) is 31.1 Å². The highest BCUT2D eigenvalue weighted by molar-refractivity contribution is 5.77. The van der Waals surface area contributed by atoms with Crippen LogP contribution in [0.3, 0.4) is 0 Å². The van der Waals surface area contributed by atoms with Crippen LogP contribution in [0.4, 0.5) is 26.3 Å². The van der Waals surface area contributed by atoms with Crippen molar-refractivity contribution in [3.8, 4) is 0 Å². The number of hydrogen-bond acceptors (Lipinski definition) is 4. The molecule has 0 radical (unpaired) electrons. The number of alkyl halides is 3. The SMILES string of the molecule is C[C@@H]1Cn2c(nnc2C(F)(F)F)CN1C(=O)C[C@H](N)Cc1cc(F)c(F)cc1F. The monoisotopic (exact) mass is 421 g/mol. The molecule has 2 N–H and O–H groups in total. The van der Waals surface area contributed by atoms with Crippen LogP contribution in [0.5, 0.6) is 0 Å². The van der Waals surface area contributed by atoms with Crippen LogP contribution < -0.4 is 5.73 Å². The van der Waals surface area contributed by atoms with E-state index in [2.05, 4.69) is 10.2 Å². The van der Waals surface area contributed by atoms with Gasteiger partial charge in [-0.1, -0.05) is 0 Å². The van der Waals surface area contributed by atoms with Crippen molar-refractivity contribution in [2.45, 2.75) is 51.1 Å². The van der Waals surface area contributed by atoms with Crippen LogP contribution in [-0.4, -0.2) is 37.7 Å². The Kier molecular flexibility index (Phi) is 5.57. The van der Waals surface area contributed by atoms with Gasteiger partial charge in [-0.25, -0.2) is 13.2 Å². The lowest BCUT2D eigenvalue weighted by molar-refractivity contribution is -0.148. The van der Waals surface area contributed by atoms with E-state index >= 15 is 0 Å². The van der Waals surface area contributed by atoms with Gasteiger partial charge in [-0.3, -0.25) is 4.79 Å². The molecule has 0 aliphatic carbocycles. The molecule has 29 heavy (non-hydrogen) atoms. The largest absolute Gasteiger partial charge is 0.451 e. The van der Waals surface area contributed by atoms with Crippen molar-refractivity contribution >= 4 is 5.91 Å². The van der Waals surface area contributed by atoms with Crippen molar-refractivity contribution in [2.75, 3.05) is 0 Å². The molecule has 2 heterocycles. The number of rotatable bonds is 4. The van der Waals surface area contributed by atoms with Crippen LogP contribution in [0.2, 0.25) is 0 Å². The Morgan fingerprint density at radius 2 is 1.86 bits per heavy atom. The Balaban J connectivity index is 1.68. The first-order chi connectivity index (χ1) is 13.5. The molecule has 6 nitrogen and oxygen atoms in total. The van der Waals surface area contributed by atoms with Gasteiger partial charge in [0.1, 0.15) is 5.82 Å². The van der Waals surface area contributed by atoms with Crippen LogP contribution in [0, 0.1) is 17.5 Å². The average molecular weight is 421 g/mol. The van der Waals surface area contributed by atoms with Crippen molar-refractivity contribution < 1.29 is 31.1 Å². The number of carbonyl (C=O) groups excluding carboxylic acids is 1. The molecule has 0 bridgehead atoms. The van der Waals surface area contributed by atoms with E-state index in [1.165, 1.54) is 4.90 Å². The fourth-order valence-corrected chi connectivity index (χ4v) is 3.28. The van der Waals surface area contributed by atoms with Crippen LogP contribution >= 0.6 is 0 Å². The fourth-order valence-electron chi connectivity index (χ4n) is 3.28. The number of hydrogen-bond donors (Lipinski definition) is 1. The first kappa shape index (κ1) is 21.1. The molecule has 12 heteroatoms. The second kappa shape index (κ2) is 7.65. The highest BCUT2D eigenvalue weighted by Gasteiger charge is 2.41. The summed E-state index contributed by atoms with van der Waals surface area (Å²) in [5.41, 5.74) is 5.68. The van der Waals surface area contributed by atoms with E-state index in [0.29, 0.717) is 12.1 Å². The molecule has 1 amide bonds. The van der Waals surface area contributed by atoms with Crippen LogP contribution in [-0.2, 0) is 30.5 Å².